The zero-order valence-electron chi connectivity index (χ0n) is 10.7. The van der Waals surface area contributed by atoms with Gasteiger partial charge in [0, 0.05) is 18.8 Å². The van der Waals surface area contributed by atoms with E-state index in [9.17, 15) is 13.6 Å². The lowest BCUT2D eigenvalue weighted by atomic mass is 9.86. The van der Waals surface area contributed by atoms with Gasteiger partial charge in [0.25, 0.3) is 0 Å². The van der Waals surface area contributed by atoms with Crippen molar-refractivity contribution in [3.63, 3.8) is 0 Å². The van der Waals surface area contributed by atoms with Crippen molar-refractivity contribution < 1.29 is 13.6 Å². The molecule has 6 heteroatoms. The highest BCUT2D eigenvalue weighted by Crippen LogP contribution is 2.36. The van der Waals surface area contributed by atoms with Gasteiger partial charge in [0.2, 0.25) is 11.8 Å². The molecule has 1 aliphatic rings. The van der Waals surface area contributed by atoms with Gasteiger partial charge in [0.1, 0.15) is 0 Å². The quantitative estimate of drug-likeness (QED) is 0.775. The molecule has 104 valence electrons. The molecular weight excluding hydrogens is 258 g/mol. The number of carbonyl (C=O) groups is 1. The van der Waals surface area contributed by atoms with E-state index in [0.717, 1.165) is 0 Å². The maximum Gasteiger partial charge on any atom is 0.248 e. The maximum absolute atomic E-state index is 13.0. The van der Waals surface area contributed by atoms with Crippen LogP contribution in [0, 0.1) is 11.8 Å². The van der Waals surface area contributed by atoms with E-state index in [1.54, 1.807) is 0 Å². The Kier molecular flexibility index (Phi) is 5.01. The van der Waals surface area contributed by atoms with Crippen LogP contribution in [-0.4, -0.2) is 22.9 Å². The average molecular weight is 278 g/mol. The minimum atomic E-state index is -2.61. The van der Waals surface area contributed by atoms with Crippen LogP contribution in [0.3, 0.4) is 0 Å². The molecule has 0 bridgehead atoms. The summed E-state index contributed by atoms with van der Waals surface area (Å²) >= 11 is 4.89. The predicted octanol–water partition coefficient (Wildman–Crippen LogP) is 2.24. The SMILES string of the molecule is CC(C)C(NC(=O)C1CCC(F)(F)CC1)C(N)=S. The molecule has 3 N–H and O–H groups in total. The second-order valence-corrected chi connectivity index (χ2v) is 5.73. The fourth-order valence-corrected chi connectivity index (χ4v) is 2.47. The number of carbonyl (C=O) groups excluding carboxylic acids is 1. The van der Waals surface area contributed by atoms with Crippen molar-refractivity contribution >= 4 is 23.1 Å². The third-order valence-corrected chi connectivity index (χ3v) is 3.61. The largest absolute Gasteiger partial charge is 0.392 e. The highest BCUT2D eigenvalue weighted by molar-refractivity contribution is 7.80. The molecule has 0 aromatic rings. The Morgan fingerprint density at radius 1 is 1.39 bits per heavy atom. The molecule has 0 radical (unpaired) electrons. The summed E-state index contributed by atoms with van der Waals surface area (Å²) in [5, 5.41) is 2.76. The Hall–Kier alpha value is -0.780. The van der Waals surface area contributed by atoms with Gasteiger partial charge in [-0.15, -0.1) is 0 Å². The number of halogens is 2. The van der Waals surface area contributed by atoms with Gasteiger partial charge in [-0.1, -0.05) is 26.1 Å². The zero-order valence-corrected chi connectivity index (χ0v) is 11.5. The fourth-order valence-electron chi connectivity index (χ4n) is 2.14. The van der Waals surface area contributed by atoms with Crippen molar-refractivity contribution in [3.8, 4) is 0 Å². The number of thiocarbonyl (C=S) groups is 1. The molecule has 1 unspecified atom stereocenters. The van der Waals surface area contributed by atoms with E-state index in [0.29, 0.717) is 0 Å². The fraction of sp³-hybridized carbons (Fsp3) is 0.833. The molecule has 1 rings (SSSR count). The van der Waals surface area contributed by atoms with Crippen molar-refractivity contribution in [1.29, 1.82) is 0 Å². The lowest BCUT2D eigenvalue weighted by molar-refractivity contribution is -0.129. The van der Waals surface area contributed by atoms with Crippen LogP contribution in [0.1, 0.15) is 39.5 Å². The minimum absolute atomic E-state index is 0.0940. The summed E-state index contributed by atoms with van der Waals surface area (Å²) in [6.07, 6.45) is 0.0109. The summed E-state index contributed by atoms with van der Waals surface area (Å²) < 4.78 is 26.0. The first-order valence-electron chi connectivity index (χ1n) is 6.20. The third kappa shape index (κ3) is 4.15. The van der Waals surface area contributed by atoms with Gasteiger partial charge >= 0.3 is 0 Å². The van der Waals surface area contributed by atoms with Crippen LogP contribution < -0.4 is 11.1 Å². The van der Waals surface area contributed by atoms with Crippen LogP contribution in [0.25, 0.3) is 0 Å². The summed E-state index contributed by atoms with van der Waals surface area (Å²) in [6, 6.07) is -0.366. The van der Waals surface area contributed by atoms with Crippen molar-refractivity contribution in [2.45, 2.75) is 51.5 Å². The standard InChI is InChI=1S/C12H20F2N2OS/c1-7(2)9(10(15)18)16-11(17)8-3-5-12(13,14)6-4-8/h7-9H,3-6H2,1-2H3,(H2,15,18)(H,16,17). The number of nitrogens with two attached hydrogens (primary N) is 1. The molecule has 1 atom stereocenters. The topological polar surface area (TPSA) is 55.1 Å². The lowest BCUT2D eigenvalue weighted by Crippen LogP contribution is -2.49. The predicted molar refractivity (Wildman–Crippen MR) is 70.5 cm³/mol. The third-order valence-electron chi connectivity index (χ3n) is 3.36. The van der Waals surface area contributed by atoms with E-state index < -0.39 is 5.92 Å². The number of alkyl halides is 2. The summed E-state index contributed by atoms with van der Waals surface area (Å²) in [5.74, 6) is -3.08. The van der Waals surface area contributed by atoms with E-state index in [1.165, 1.54) is 0 Å². The molecule has 0 aromatic heterocycles. The van der Waals surface area contributed by atoms with Crippen LogP contribution in [0.4, 0.5) is 8.78 Å². The van der Waals surface area contributed by atoms with E-state index in [-0.39, 0.29) is 54.5 Å². The molecule has 18 heavy (non-hydrogen) atoms. The van der Waals surface area contributed by atoms with Crippen LogP contribution in [0.5, 0.6) is 0 Å². The molecule has 0 aromatic carbocycles. The van der Waals surface area contributed by atoms with E-state index in [4.69, 9.17) is 18.0 Å². The van der Waals surface area contributed by atoms with Gasteiger partial charge in [-0.05, 0) is 18.8 Å². The molecule has 1 saturated carbocycles. The molecular formula is C12H20F2N2OS. The minimum Gasteiger partial charge on any atom is -0.392 e. The van der Waals surface area contributed by atoms with E-state index in [2.05, 4.69) is 5.32 Å². The number of amides is 1. The number of nitrogens with one attached hydrogen (secondary N) is 1. The Morgan fingerprint density at radius 2 is 1.89 bits per heavy atom. The molecule has 3 nitrogen and oxygen atoms in total. The Labute approximate surface area is 111 Å². The van der Waals surface area contributed by atoms with Crippen LogP contribution in [0.15, 0.2) is 0 Å². The molecule has 0 spiro atoms. The van der Waals surface area contributed by atoms with Crippen molar-refractivity contribution in [2.75, 3.05) is 0 Å². The molecule has 1 aliphatic carbocycles. The monoisotopic (exact) mass is 278 g/mol. The number of hydrogen-bond donors (Lipinski definition) is 2. The van der Waals surface area contributed by atoms with Gasteiger partial charge < -0.3 is 11.1 Å². The van der Waals surface area contributed by atoms with Crippen molar-refractivity contribution in [3.05, 3.63) is 0 Å². The average Bonchev–Trinajstić information content (AvgIpc) is 2.24. The highest BCUT2D eigenvalue weighted by Gasteiger charge is 2.38. The molecule has 0 aliphatic heterocycles. The second kappa shape index (κ2) is 5.91. The highest BCUT2D eigenvalue weighted by atomic mass is 32.1. The van der Waals surface area contributed by atoms with Gasteiger partial charge in [0.15, 0.2) is 0 Å². The number of rotatable bonds is 4. The Balaban J connectivity index is 2.53. The first-order valence-corrected chi connectivity index (χ1v) is 6.61. The van der Waals surface area contributed by atoms with E-state index >= 15 is 0 Å². The van der Waals surface area contributed by atoms with Gasteiger partial charge in [-0.25, -0.2) is 8.78 Å². The Bertz CT molecular complexity index is 324. The van der Waals surface area contributed by atoms with Gasteiger partial charge in [-0.2, -0.15) is 0 Å². The maximum atomic E-state index is 13.0. The summed E-state index contributed by atoms with van der Waals surface area (Å²) in [6.45, 7) is 3.80. The zero-order chi connectivity index (χ0) is 13.9. The van der Waals surface area contributed by atoms with Crippen LogP contribution >= 0.6 is 12.2 Å². The van der Waals surface area contributed by atoms with Gasteiger partial charge in [0.05, 0.1) is 11.0 Å². The first kappa shape index (κ1) is 15.3. The Morgan fingerprint density at radius 3 is 2.28 bits per heavy atom. The van der Waals surface area contributed by atoms with Crippen molar-refractivity contribution in [2.24, 2.45) is 17.6 Å². The first-order chi connectivity index (χ1) is 8.23. The molecule has 0 saturated heterocycles. The summed E-state index contributed by atoms with van der Waals surface area (Å²) in [5.41, 5.74) is 5.56. The molecule has 1 amide bonds. The second-order valence-electron chi connectivity index (χ2n) is 5.26. The van der Waals surface area contributed by atoms with Crippen molar-refractivity contribution in [1.82, 2.24) is 5.32 Å². The summed E-state index contributed by atoms with van der Waals surface area (Å²) in [4.78, 5) is 12.2. The van der Waals surface area contributed by atoms with Gasteiger partial charge in [-0.3, -0.25) is 4.79 Å². The molecule has 0 heterocycles. The number of hydrogen-bond acceptors (Lipinski definition) is 2. The lowest BCUT2D eigenvalue weighted by Gasteiger charge is -2.29. The van der Waals surface area contributed by atoms with Crippen LogP contribution in [-0.2, 0) is 4.79 Å². The summed E-state index contributed by atoms with van der Waals surface area (Å²) in [7, 11) is 0. The smallest absolute Gasteiger partial charge is 0.248 e. The van der Waals surface area contributed by atoms with E-state index in [1.807, 2.05) is 13.8 Å². The molecule has 1 fully saturated rings. The van der Waals surface area contributed by atoms with Crippen LogP contribution in [0.2, 0.25) is 0 Å². The normalized spacial score (nSPS) is 21.6.